The zero-order chi connectivity index (χ0) is 12.3. The van der Waals surface area contributed by atoms with Crippen molar-refractivity contribution >= 4 is 17.3 Å². The average Bonchev–Trinajstić information content (AvgIpc) is 2.85. The van der Waals surface area contributed by atoms with Gasteiger partial charge in [0, 0.05) is 11.8 Å². The smallest absolute Gasteiger partial charge is 0.277 e. The lowest BCUT2D eigenvalue weighted by Crippen LogP contribution is -2.13. The van der Waals surface area contributed by atoms with Gasteiger partial charge < -0.3 is 15.8 Å². The summed E-state index contributed by atoms with van der Waals surface area (Å²) in [6, 6.07) is 4.95. The Balaban J connectivity index is 2.21. The number of nitrogens with two attached hydrogens (primary N) is 1. The van der Waals surface area contributed by atoms with E-state index in [1.54, 1.807) is 18.2 Å². The molecule has 0 bridgehead atoms. The number of nitrogen functional groups attached to an aromatic ring is 1. The Morgan fingerprint density at radius 1 is 1.53 bits per heavy atom. The standard InChI is InChI=1S/C10H11N5O2/c1-17-9-4-6(11)2-3-7(9)13-10(16)8-5-12-15-14-8/h2-5H,11H2,1H3,(H,13,16)(H,12,14,15). The van der Waals surface area contributed by atoms with Crippen molar-refractivity contribution in [3.8, 4) is 5.75 Å². The molecule has 7 heteroatoms. The second kappa shape index (κ2) is 4.52. The molecule has 2 rings (SSSR count). The second-order valence-corrected chi connectivity index (χ2v) is 3.27. The van der Waals surface area contributed by atoms with Crippen LogP contribution in [0.15, 0.2) is 24.4 Å². The normalized spacial score (nSPS) is 9.94. The Hall–Kier alpha value is -2.57. The highest BCUT2D eigenvalue weighted by Gasteiger charge is 2.11. The third kappa shape index (κ3) is 2.33. The van der Waals surface area contributed by atoms with Crippen LogP contribution in [0, 0.1) is 0 Å². The van der Waals surface area contributed by atoms with Gasteiger partial charge in [-0.3, -0.25) is 4.79 Å². The van der Waals surface area contributed by atoms with E-state index in [2.05, 4.69) is 20.7 Å². The van der Waals surface area contributed by atoms with E-state index in [1.807, 2.05) is 0 Å². The maximum Gasteiger partial charge on any atom is 0.277 e. The van der Waals surface area contributed by atoms with E-state index < -0.39 is 0 Å². The van der Waals surface area contributed by atoms with Gasteiger partial charge in [0.2, 0.25) is 0 Å². The first kappa shape index (κ1) is 10.9. The summed E-state index contributed by atoms with van der Waals surface area (Å²) in [4.78, 5) is 11.7. The number of H-pyrrole nitrogens is 1. The number of hydrogen-bond donors (Lipinski definition) is 3. The summed E-state index contributed by atoms with van der Waals surface area (Å²) in [6.07, 6.45) is 1.33. The van der Waals surface area contributed by atoms with E-state index in [1.165, 1.54) is 13.3 Å². The SMILES string of the molecule is COc1cc(N)ccc1NC(=O)c1cn[nH]n1. The lowest BCUT2D eigenvalue weighted by Gasteiger charge is -2.09. The third-order valence-electron chi connectivity index (χ3n) is 2.12. The van der Waals surface area contributed by atoms with E-state index in [4.69, 9.17) is 10.5 Å². The Bertz CT molecular complexity index is 523. The summed E-state index contributed by atoms with van der Waals surface area (Å²) in [5, 5.41) is 12.2. The number of benzene rings is 1. The van der Waals surface area contributed by atoms with Crippen LogP contribution in [0.2, 0.25) is 0 Å². The molecule has 0 saturated heterocycles. The fraction of sp³-hybridized carbons (Fsp3) is 0.100. The zero-order valence-electron chi connectivity index (χ0n) is 9.10. The molecule has 7 nitrogen and oxygen atoms in total. The number of methoxy groups -OCH3 is 1. The summed E-state index contributed by atoms with van der Waals surface area (Å²) >= 11 is 0. The number of ether oxygens (including phenoxy) is 1. The van der Waals surface area contributed by atoms with Crippen molar-refractivity contribution in [2.75, 3.05) is 18.2 Å². The van der Waals surface area contributed by atoms with Crippen molar-refractivity contribution < 1.29 is 9.53 Å². The highest BCUT2D eigenvalue weighted by molar-refractivity contribution is 6.03. The number of aromatic amines is 1. The number of carbonyl (C=O) groups is 1. The van der Waals surface area contributed by atoms with Crippen LogP contribution in [0.25, 0.3) is 0 Å². The second-order valence-electron chi connectivity index (χ2n) is 3.27. The van der Waals surface area contributed by atoms with Crippen molar-refractivity contribution in [2.45, 2.75) is 0 Å². The van der Waals surface area contributed by atoms with Crippen LogP contribution in [0.5, 0.6) is 5.75 Å². The topological polar surface area (TPSA) is 106 Å². The van der Waals surface area contributed by atoms with Gasteiger partial charge >= 0.3 is 0 Å². The minimum absolute atomic E-state index is 0.198. The van der Waals surface area contributed by atoms with Crippen molar-refractivity contribution in [1.82, 2.24) is 15.4 Å². The lowest BCUT2D eigenvalue weighted by molar-refractivity contribution is 0.102. The maximum atomic E-state index is 11.7. The minimum atomic E-state index is -0.373. The van der Waals surface area contributed by atoms with Gasteiger partial charge in [-0.2, -0.15) is 15.4 Å². The van der Waals surface area contributed by atoms with E-state index in [9.17, 15) is 4.79 Å². The Morgan fingerprint density at radius 2 is 2.35 bits per heavy atom. The van der Waals surface area contributed by atoms with Crippen LogP contribution in [-0.2, 0) is 0 Å². The predicted molar refractivity (Wildman–Crippen MR) is 61.7 cm³/mol. The number of hydrogen-bond acceptors (Lipinski definition) is 5. The van der Waals surface area contributed by atoms with Gasteiger partial charge in [-0.05, 0) is 12.1 Å². The van der Waals surface area contributed by atoms with Crippen molar-refractivity contribution in [3.05, 3.63) is 30.1 Å². The van der Waals surface area contributed by atoms with Crippen molar-refractivity contribution in [2.24, 2.45) is 0 Å². The van der Waals surface area contributed by atoms with Gasteiger partial charge in [0.05, 0.1) is 19.0 Å². The highest BCUT2D eigenvalue weighted by atomic mass is 16.5. The van der Waals surface area contributed by atoms with Crippen LogP contribution in [0.4, 0.5) is 11.4 Å². The molecular weight excluding hydrogens is 222 g/mol. The first-order valence-corrected chi connectivity index (χ1v) is 4.81. The fourth-order valence-electron chi connectivity index (χ4n) is 1.31. The van der Waals surface area contributed by atoms with Crippen molar-refractivity contribution in [3.63, 3.8) is 0 Å². The lowest BCUT2D eigenvalue weighted by atomic mass is 10.2. The van der Waals surface area contributed by atoms with Crippen LogP contribution >= 0.6 is 0 Å². The number of aromatic nitrogens is 3. The Morgan fingerprint density at radius 3 is 3.00 bits per heavy atom. The zero-order valence-corrected chi connectivity index (χ0v) is 9.10. The summed E-state index contributed by atoms with van der Waals surface area (Å²) in [6.45, 7) is 0. The summed E-state index contributed by atoms with van der Waals surface area (Å²) in [5.41, 5.74) is 6.89. The number of nitrogens with zero attached hydrogens (tertiary/aromatic N) is 2. The molecule has 17 heavy (non-hydrogen) atoms. The number of anilines is 2. The van der Waals surface area contributed by atoms with Crippen LogP contribution in [0.3, 0.4) is 0 Å². The monoisotopic (exact) mass is 233 g/mol. The summed E-state index contributed by atoms with van der Waals surface area (Å²) < 4.78 is 5.11. The molecule has 2 aromatic rings. The van der Waals surface area contributed by atoms with E-state index in [-0.39, 0.29) is 11.6 Å². The van der Waals surface area contributed by atoms with Gasteiger partial charge in [0.1, 0.15) is 5.75 Å². The van der Waals surface area contributed by atoms with Gasteiger partial charge in [-0.15, -0.1) is 0 Å². The molecule has 0 aliphatic rings. The molecule has 0 radical (unpaired) electrons. The quantitative estimate of drug-likeness (QED) is 0.675. The molecule has 0 saturated carbocycles. The molecule has 0 spiro atoms. The fourth-order valence-corrected chi connectivity index (χ4v) is 1.31. The Kier molecular flexibility index (Phi) is 2.91. The highest BCUT2D eigenvalue weighted by Crippen LogP contribution is 2.26. The van der Waals surface area contributed by atoms with Gasteiger partial charge in [0.25, 0.3) is 5.91 Å². The minimum Gasteiger partial charge on any atom is -0.494 e. The molecule has 88 valence electrons. The summed E-state index contributed by atoms with van der Waals surface area (Å²) in [7, 11) is 1.50. The van der Waals surface area contributed by atoms with Crippen LogP contribution in [0.1, 0.15) is 10.5 Å². The molecule has 1 aromatic carbocycles. The Labute approximate surface area is 97.0 Å². The largest absolute Gasteiger partial charge is 0.494 e. The van der Waals surface area contributed by atoms with Crippen LogP contribution in [-0.4, -0.2) is 28.4 Å². The predicted octanol–water partition coefficient (Wildman–Crippen LogP) is 0.648. The maximum absolute atomic E-state index is 11.7. The number of rotatable bonds is 3. The average molecular weight is 233 g/mol. The van der Waals surface area contributed by atoms with E-state index >= 15 is 0 Å². The van der Waals surface area contributed by atoms with Crippen molar-refractivity contribution in [1.29, 1.82) is 0 Å². The molecule has 0 unspecified atom stereocenters. The molecule has 1 aromatic heterocycles. The van der Waals surface area contributed by atoms with E-state index in [0.717, 1.165) is 0 Å². The molecule has 4 N–H and O–H groups in total. The first-order chi connectivity index (χ1) is 8.20. The molecule has 1 amide bonds. The number of nitrogens with one attached hydrogen (secondary N) is 2. The first-order valence-electron chi connectivity index (χ1n) is 4.81. The van der Waals surface area contributed by atoms with E-state index in [0.29, 0.717) is 17.1 Å². The van der Waals surface area contributed by atoms with Gasteiger partial charge in [0.15, 0.2) is 5.69 Å². The molecule has 0 atom stereocenters. The van der Waals surface area contributed by atoms with Gasteiger partial charge in [-0.1, -0.05) is 0 Å². The number of amides is 1. The molecule has 0 fully saturated rings. The molecule has 1 heterocycles. The molecule has 0 aliphatic carbocycles. The molecule has 0 aliphatic heterocycles. The summed E-state index contributed by atoms with van der Waals surface area (Å²) in [5.74, 6) is 0.115. The third-order valence-corrected chi connectivity index (χ3v) is 2.12. The molecular formula is C10H11N5O2. The van der Waals surface area contributed by atoms with Gasteiger partial charge in [-0.25, -0.2) is 0 Å². The number of carbonyl (C=O) groups excluding carboxylic acids is 1. The van der Waals surface area contributed by atoms with Crippen LogP contribution < -0.4 is 15.8 Å².